The van der Waals surface area contributed by atoms with Gasteiger partial charge >= 0.3 is 5.97 Å². The first-order chi connectivity index (χ1) is 13.5. The summed E-state index contributed by atoms with van der Waals surface area (Å²) in [5.74, 6) is 0.500. The fraction of sp³-hybridized carbons (Fsp3) is 0.350. The van der Waals surface area contributed by atoms with Crippen LogP contribution >= 0.6 is 11.3 Å². The highest BCUT2D eigenvalue weighted by Crippen LogP contribution is 2.33. The summed E-state index contributed by atoms with van der Waals surface area (Å²) in [6, 6.07) is 9.32. The minimum Gasteiger partial charge on any atom is -0.493 e. The molecule has 0 unspecified atom stereocenters. The van der Waals surface area contributed by atoms with E-state index >= 15 is 0 Å². The third kappa shape index (κ3) is 5.24. The largest absolute Gasteiger partial charge is 0.493 e. The Morgan fingerprint density at radius 2 is 1.96 bits per heavy atom. The van der Waals surface area contributed by atoms with E-state index in [1.807, 2.05) is 18.2 Å². The lowest BCUT2D eigenvalue weighted by Gasteiger charge is -2.10. The van der Waals surface area contributed by atoms with Gasteiger partial charge in [0.1, 0.15) is 15.9 Å². The SMILES string of the molecule is CCOC(=O)c1sc(NC(=O)CCCOc2ccccc2OC)c(C#N)c1C. The van der Waals surface area contributed by atoms with Gasteiger partial charge in [0.05, 0.1) is 25.9 Å². The van der Waals surface area contributed by atoms with Gasteiger partial charge in [-0.05, 0) is 38.0 Å². The summed E-state index contributed by atoms with van der Waals surface area (Å²) < 4.78 is 15.8. The highest BCUT2D eigenvalue weighted by atomic mass is 32.1. The first kappa shape index (κ1) is 21.3. The maximum Gasteiger partial charge on any atom is 0.348 e. The zero-order chi connectivity index (χ0) is 20.5. The van der Waals surface area contributed by atoms with E-state index in [1.165, 1.54) is 0 Å². The average Bonchev–Trinajstić information content (AvgIpc) is 3.00. The number of anilines is 1. The number of nitrogens with zero attached hydrogens (tertiary/aromatic N) is 1. The molecule has 8 heteroatoms. The number of nitriles is 1. The third-order valence-electron chi connectivity index (χ3n) is 3.85. The monoisotopic (exact) mass is 402 g/mol. The normalized spacial score (nSPS) is 10.1. The van der Waals surface area contributed by atoms with Crippen LogP contribution in [0.5, 0.6) is 11.5 Å². The lowest BCUT2D eigenvalue weighted by Crippen LogP contribution is -2.12. The van der Waals surface area contributed by atoms with Crippen LogP contribution in [-0.2, 0) is 9.53 Å². The number of para-hydroxylation sites is 2. The molecule has 0 radical (unpaired) electrons. The van der Waals surface area contributed by atoms with E-state index < -0.39 is 5.97 Å². The van der Waals surface area contributed by atoms with Gasteiger partial charge in [-0.1, -0.05) is 12.1 Å². The fourth-order valence-corrected chi connectivity index (χ4v) is 3.54. The van der Waals surface area contributed by atoms with Gasteiger partial charge in [0, 0.05) is 6.42 Å². The summed E-state index contributed by atoms with van der Waals surface area (Å²) in [6.45, 7) is 3.96. The maximum absolute atomic E-state index is 12.2. The molecule has 0 atom stereocenters. The zero-order valence-electron chi connectivity index (χ0n) is 16.0. The van der Waals surface area contributed by atoms with Crippen LogP contribution < -0.4 is 14.8 Å². The fourth-order valence-electron chi connectivity index (χ4n) is 2.47. The van der Waals surface area contributed by atoms with Gasteiger partial charge in [-0.3, -0.25) is 4.79 Å². The molecule has 2 rings (SSSR count). The van der Waals surface area contributed by atoms with E-state index in [1.54, 1.807) is 33.1 Å². The number of rotatable bonds is 9. The van der Waals surface area contributed by atoms with Gasteiger partial charge in [-0.25, -0.2) is 4.79 Å². The number of hydrogen-bond acceptors (Lipinski definition) is 7. The van der Waals surface area contributed by atoms with Crippen molar-refractivity contribution >= 4 is 28.2 Å². The number of carbonyl (C=O) groups excluding carboxylic acids is 2. The first-order valence-electron chi connectivity index (χ1n) is 8.78. The number of thiophene rings is 1. The van der Waals surface area contributed by atoms with E-state index in [-0.39, 0.29) is 24.5 Å². The second kappa shape index (κ2) is 10.3. The van der Waals surface area contributed by atoms with E-state index in [9.17, 15) is 14.9 Å². The Hall–Kier alpha value is -3.05. The van der Waals surface area contributed by atoms with Gasteiger partial charge in [0.2, 0.25) is 5.91 Å². The number of esters is 1. The molecule has 0 bridgehead atoms. The molecule has 0 saturated carbocycles. The molecule has 1 heterocycles. The van der Waals surface area contributed by atoms with Gasteiger partial charge in [-0.15, -0.1) is 11.3 Å². The summed E-state index contributed by atoms with van der Waals surface area (Å²) in [5, 5.41) is 12.4. The van der Waals surface area contributed by atoms with Crippen molar-refractivity contribution < 1.29 is 23.8 Å². The van der Waals surface area contributed by atoms with Crippen molar-refractivity contribution in [3.63, 3.8) is 0 Å². The van der Waals surface area contributed by atoms with Crippen LogP contribution in [0, 0.1) is 18.3 Å². The number of methoxy groups -OCH3 is 1. The lowest BCUT2D eigenvalue weighted by molar-refractivity contribution is -0.116. The van der Waals surface area contributed by atoms with Crippen molar-refractivity contribution in [1.29, 1.82) is 5.26 Å². The Kier molecular flexibility index (Phi) is 7.84. The molecule has 2 aromatic rings. The number of ether oxygens (including phenoxy) is 3. The number of carbonyl (C=O) groups is 2. The van der Waals surface area contributed by atoms with Crippen molar-refractivity contribution in [2.24, 2.45) is 0 Å². The second-order valence-corrected chi connectivity index (χ2v) is 6.76. The van der Waals surface area contributed by atoms with Gasteiger partial charge < -0.3 is 19.5 Å². The quantitative estimate of drug-likeness (QED) is 0.504. The van der Waals surface area contributed by atoms with Crippen LogP contribution in [0.15, 0.2) is 24.3 Å². The Morgan fingerprint density at radius 1 is 1.25 bits per heavy atom. The number of hydrogen-bond donors (Lipinski definition) is 1. The molecule has 28 heavy (non-hydrogen) atoms. The lowest BCUT2D eigenvalue weighted by atomic mass is 10.1. The van der Waals surface area contributed by atoms with Crippen molar-refractivity contribution in [2.45, 2.75) is 26.7 Å². The standard InChI is InChI=1S/C20H22N2O5S/c1-4-26-20(24)18-13(2)14(12-21)19(28-18)22-17(23)10-7-11-27-16-9-6-5-8-15(16)25-3/h5-6,8-9H,4,7,10-11H2,1-3H3,(H,22,23). The Balaban J connectivity index is 1.91. The molecule has 0 aliphatic heterocycles. The minimum atomic E-state index is -0.493. The molecule has 0 saturated heterocycles. The van der Waals surface area contributed by atoms with Crippen LogP contribution in [0.25, 0.3) is 0 Å². The van der Waals surface area contributed by atoms with E-state index in [0.717, 1.165) is 11.3 Å². The topological polar surface area (TPSA) is 97.7 Å². The van der Waals surface area contributed by atoms with Crippen molar-refractivity contribution in [2.75, 3.05) is 25.6 Å². The molecule has 1 aromatic heterocycles. The van der Waals surface area contributed by atoms with E-state index in [0.29, 0.717) is 40.0 Å². The summed E-state index contributed by atoms with van der Waals surface area (Å²) in [7, 11) is 1.57. The molecule has 7 nitrogen and oxygen atoms in total. The maximum atomic E-state index is 12.2. The summed E-state index contributed by atoms with van der Waals surface area (Å²) in [5.41, 5.74) is 0.799. The van der Waals surface area contributed by atoms with Crippen LogP contribution in [0.1, 0.15) is 40.6 Å². The van der Waals surface area contributed by atoms with E-state index in [2.05, 4.69) is 5.32 Å². The summed E-state index contributed by atoms with van der Waals surface area (Å²) in [4.78, 5) is 24.5. The number of amides is 1. The van der Waals surface area contributed by atoms with Crippen molar-refractivity contribution in [1.82, 2.24) is 0 Å². The Labute approximate surface area is 167 Å². The van der Waals surface area contributed by atoms with Gasteiger partial charge in [-0.2, -0.15) is 5.26 Å². The molecule has 1 amide bonds. The molecular formula is C20H22N2O5S. The van der Waals surface area contributed by atoms with Crippen molar-refractivity contribution in [3.8, 4) is 17.6 Å². The van der Waals surface area contributed by atoms with Gasteiger partial charge in [0.25, 0.3) is 0 Å². The van der Waals surface area contributed by atoms with Crippen LogP contribution in [0.2, 0.25) is 0 Å². The predicted molar refractivity (Wildman–Crippen MR) is 106 cm³/mol. The van der Waals surface area contributed by atoms with Crippen LogP contribution in [-0.4, -0.2) is 32.2 Å². The molecule has 0 aliphatic rings. The molecule has 1 N–H and O–H groups in total. The number of nitrogens with one attached hydrogen (secondary N) is 1. The zero-order valence-corrected chi connectivity index (χ0v) is 16.9. The smallest absolute Gasteiger partial charge is 0.348 e. The van der Waals surface area contributed by atoms with Gasteiger partial charge in [0.15, 0.2) is 11.5 Å². The molecular weight excluding hydrogens is 380 g/mol. The van der Waals surface area contributed by atoms with E-state index in [4.69, 9.17) is 14.2 Å². The van der Waals surface area contributed by atoms with Crippen LogP contribution in [0.3, 0.4) is 0 Å². The molecule has 1 aromatic carbocycles. The highest BCUT2D eigenvalue weighted by Gasteiger charge is 2.22. The second-order valence-electron chi connectivity index (χ2n) is 5.74. The molecule has 0 aliphatic carbocycles. The highest BCUT2D eigenvalue weighted by molar-refractivity contribution is 7.18. The molecule has 0 fully saturated rings. The Morgan fingerprint density at radius 3 is 2.61 bits per heavy atom. The number of benzene rings is 1. The summed E-state index contributed by atoms with van der Waals surface area (Å²) >= 11 is 1.05. The third-order valence-corrected chi connectivity index (χ3v) is 5.03. The Bertz CT molecular complexity index is 885. The average molecular weight is 402 g/mol. The minimum absolute atomic E-state index is 0.214. The molecule has 148 valence electrons. The first-order valence-corrected chi connectivity index (χ1v) is 9.59. The predicted octanol–water partition coefficient (Wildman–Crippen LogP) is 3.91. The molecule has 0 spiro atoms. The van der Waals surface area contributed by atoms with Crippen molar-refractivity contribution in [3.05, 3.63) is 40.3 Å². The van der Waals surface area contributed by atoms with Crippen LogP contribution in [0.4, 0.5) is 5.00 Å². The summed E-state index contributed by atoms with van der Waals surface area (Å²) in [6.07, 6.45) is 0.701.